The summed E-state index contributed by atoms with van der Waals surface area (Å²) in [6.07, 6.45) is 20.2. The van der Waals surface area contributed by atoms with Crippen LogP contribution in [0, 0.1) is 0 Å². The van der Waals surface area contributed by atoms with Crippen molar-refractivity contribution in [1.29, 1.82) is 0 Å². The van der Waals surface area contributed by atoms with Crippen molar-refractivity contribution in [3.8, 4) is 0 Å². The summed E-state index contributed by atoms with van der Waals surface area (Å²) >= 11 is 0. The van der Waals surface area contributed by atoms with Gasteiger partial charge in [-0.05, 0) is 224 Å². The molecule has 0 radical (unpaired) electrons. The smallest absolute Gasteiger partial charge is 0.0419 e. The number of rotatable bonds is 51. The highest BCUT2D eigenvalue weighted by Gasteiger charge is 2.30. The molecule has 6 aromatic heterocycles. The van der Waals surface area contributed by atoms with E-state index in [0.717, 1.165) is 253 Å². The van der Waals surface area contributed by atoms with Crippen molar-refractivity contribution in [2.45, 2.75) is 210 Å². The second-order valence-electron chi connectivity index (χ2n) is 34.6. The van der Waals surface area contributed by atoms with Crippen LogP contribution in [0.15, 0.2) is 316 Å². The summed E-state index contributed by atoms with van der Waals surface area (Å²) in [5, 5.41) is 0. The number of aryl methyl sites for hydroxylation is 2. The Labute approximate surface area is 765 Å². The van der Waals surface area contributed by atoms with Gasteiger partial charge in [-0.1, -0.05) is 260 Å². The molecule has 14 rings (SSSR count). The van der Waals surface area contributed by atoms with Crippen molar-refractivity contribution in [2.24, 2.45) is 0 Å². The van der Waals surface area contributed by atoms with Crippen molar-refractivity contribution in [1.82, 2.24) is 59.3 Å². The van der Waals surface area contributed by atoms with E-state index in [1.165, 1.54) is 100 Å². The van der Waals surface area contributed by atoms with Gasteiger partial charge in [0, 0.05) is 227 Å². The Morgan fingerprint density at radius 2 is 0.320 bits per heavy atom. The first kappa shape index (κ1) is 92.6. The Hall–Kier alpha value is -11.6. The molecule has 14 aromatic rings. The number of aromatic nitrogens is 6. The molecule has 0 aliphatic heterocycles. The third-order valence-corrected chi connectivity index (χ3v) is 25.7. The summed E-state index contributed by atoms with van der Waals surface area (Å²) in [5.74, 6) is 0. The van der Waals surface area contributed by atoms with E-state index in [9.17, 15) is 0 Å². The third-order valence-electron chi connectivity index (χ3n) is 25.7. The monoisotopic (exact) mass is 1700 g/mol. The number of nitrogens with zero attached hydrogens (tertiary/aromatic N) is 12. The lowest BCUT2D eigenvalue weighted by Crippen LogP contribution is -2.32. The van der Waals surface area contributed by atoms with Gasteiger partial charge in [-0.3, -0.25) is 59.3 Å². The average Bonchev–Trinajstić information content (AvgIpc) is 0.764. The highest BCUT2D eigenvalue weighted by atomic mass is 15.2. The minimum absolute atomic E-state index is 0.801. The highest BCUT2D eigenvalue weighted by Crippen LogP contribution is 2.38. The highest BCUT2D eigenvalue weighted by molar-refractivity contribution is 5.55. The zero-order valence-corrected chi connectivity index (χ0v) is 77.0. The maximum Gasteiger partial charge on any atom is 0.0419 e. The molecule has 0 N–H and O–H groups in total. The van der Waals surface area contributed by atoms with Crippen LogP contribution in [0.25, 0.3) is 0 Å². The van der Waals surface area contributed by atoms with Crippen molar-refractivity contribution in [3.05, 3.63) is 462 Å². The van der Waals surface area contributed by atoms with Crippen molar-refractivity contribution >= 4 is 0 Å². The summed E-state index contributed by atoms with van der Waals surface area (Å²) in [4.78, 5) is 46.8. The first-order valence-corrected chi connectivity index (χ1v) is 47.6. The van der Waals surface area contributed by atoms with Gasteiger partial charge in [-0.25, -0.2) is 0 Å². The summed E-state index contributed by atoms with van der Waals surface area (Å²) in [6.45, 7) is 29.8. The molecule has 0 unspecified atom stereocenters. The fourth-order valence-electron chi connectivity index (χ4n) is 19.3. The Morgan fingerprint density at radius 1 is 0.156 bits per heavy atom. The van der Waals surface area contributed by atoms with Gasteiger partial charge in [0.2, 0.25) is 0 Å². The van der Waals surface area contributed by atoms with Gasteiger partial charge in [0.1, 0.15) is 0 Å². The first-order valence-electron chi connectivity index (χ1n) is 47.6. The Bertz CT molecular complexity index is 4990. The molecule has 0 saturated heterocycles. The molecule has 0 spiro atoms. The maximum absolute atomic E-state index is 5.54. The summed E-state index contributed by atoms with van der Waals surface area (Å²) in [7, 11) is 0. The number of hydrogen-bond donors (Lipinski definition) is 0. The zero-order chi connectivity index (χ0) is 88.1. The van der Waals surface area contributed by atoms with E-state index in [4.69, 9.17) is 29.9 Å². The minimum Gasteiger partial charge on any atom is -0.294 e. The van der Waals surface area contributed by atoms with Crippen LogP contribution >= 0.6 is 0 Å². The van der Waals surface area contributed by atoms with E-state index in [-0.39, 0.29) is 0 Å². The van der Waals surface area contributed by atoms with Gasteiger partial charge < -0.3 is 0 Å². The van der Waals surface area contributed by atoms with Crippen LogP contribution in [0.5, 0.6) is 0 Å². The Morgan fingerprint density at radius 3 is 0.492 bits per heavy atom. The van der Waals surface area contributed by atoms with Crippen molar-refractivity contribution in [2.75, 3.05) is 39.3 Å². The van der Waals surface area contributed by atoms with E-state index in [1.807, 2.05) is 49.1 Å². The molecule has 0 bridgehead atoms. The fraction of sp³-hybridized carbons (Fsp3) is 0.328. The van der Waals surface area contributed by atoms with Gasteiger partial charge in [-0.15, -0.1) is 0 Å². The van der Waals surface area contributed by atoms with Crippen LogP contribution in [0.1, 0.15) is 187 Å². The second kappa shape index (κ2) is 49.7. The lowest BCUT2D eigenvalue weighted by atomic mass is 9.82. The first-order chi connectivity index (χ1) is 63.1. The molecule has 0 aliphatic carbocycles. The normalized spacial score (nSPS) is 11.7. The molecular formula is C116H134N12. The molecule has 128 heavy (non-hydrogen) atoms. The van der Waals surface area contributed by atoms with Gasteiger partial charge >= 0.3 is 0 Å². The third kappa shape index (κ3) is 27.5. The maximum atomic E-state index is 5.54. The van der Waals surface area contributed by atoms with Crippen LogP contribution < -0.4 is 0 Å². The topological polar surface area (TPSA) is 96.8 Å². The molecular weight excluding hydrogens is 1560 g/mol. The fourth-order valence-corrected chi connectivity index (χ4v) is 19.3. The predicted molar refractivity (Wildman–Crippen MR) is 528 cm³/mol. The largest absolute Gasteiger partial charge is 0.294 e. The van der Waals surface area contributed by atoms with E-state index < -0.39 is 0 Å². The van der Waals surface area contributed by atoms with Gasteiger partial charge in [0.25, 0.3) is 0 Å². The standard InChI is InChI=1S/C116H134N12/c1-7-105-111(85-123(79-91-41-19-13-20-42-91)73-63-97-53-31-35-69-117-97)107(9-3)115(108(10-4)112(105)86-124(80-92-43-21-14-22-44-92)74-64-98-54-32-36-70-118-98)89-127(83-95-49-27-17-28-50-95)77-67-103-59-39-57-101(121-103)61-62-102-58-40-60-104(122-102)68-78-128(84-96-51-29-18-30-52-96)90-116-109(11-5)113(87-125(81-93-45-23-15-24-46-93)75-65-99-55-33-37-71-119-99)106(8-2)114(110(116)12-6)88-126(82-94-47-25-16-26-48-94)76-66-100-56-34-38-72-120-100/h13-60,69-72H,7-12,61-68,73-90H2,1-6H3. The molecule has 0 aliphatic rings. The molecule has 12 heteroatoms. The summed E-state index contributed by atoms with van der Waals surface area (Å²) in [5.41, 5.74) is 35.0. The van der Waals surface area contributed by atoms with Crippen LogP contribution in [0.4, 0.5) is 0 Å². The lowest BCUT2D eigenvalue weighted by Gasteiger charge is -2.34. The lowest BCUT2D eigenvalue weighted by molar-refractivity contribution is 0.247. The molecule has 0 amide bonds. The van der Waals surface area contributed by atoms with E-state index in [0.29, 0.717) is 0 Å². The van der Waals surface area contributed by atoms with Gasteiger partial charge in [0.15, 0.2) is 0 Å². The predicted octanol–water partition coefficient (Wildman–Crippen LogP) is 22.7. The van der Waals surface area contributed by atoms with Crippen LogP contribution in [0.3, 0.4) is 0 Å². The Kier molecular flexibility index (Phi) is 35.9. The average molecular weight is 1700 g/mol. The van der Waals surface area contributed by atoms with Crippen molar-refractivity contribution in [3.63, 3.8) is 0 Å². The minimum atomic E-state index is 0.801. The molecule has 658 valence electrons. The van der Waals surface area contributed by atoms with Crippen LogP contribution in [-0.4, -0.2) is 98.6 Å². The number of hydrogen-bond acceptors (Lipinski definition) is 12. The van der Waals surface area contributed by atoms with Crippen LogP contribution in [0.2, 0.25) is 0 Å². The quantitative estimate of drug-likeness (QED) is 0.0363. The second-order valence-corrected chi connectivity index (χ2v) is 34.6. The van der Waals surface area contributed by atoms with Gasteiger partial charge in [-0.2, -0.15) is 0 Å². The van der Waals surface area contributed by atoms with E-state index in [2.05, 4.69) is 338 Å². The summed E-state index contributed by atoms with van der Waals surface area (Å²) < 4.78 is 0. The molecule has 8 aromatic carbocycles. The molecule has 6 heterocycles. The number of benzene rings is 8. The summed E-state index contributed by atoms with van der Waals surface area (Å²) in [6, 6.07) is 106. The number of pyridine rings is 6. The molecule has 0 fully saturated rings. The van der Waals surface area contributed by atoms with Gasteiger partial charge in [0.05, 0.1) is 0 Å². The van der Waals surface area contributed by atoms with Crippen LogP contribution in [-0.2, 0) is 168 Å². The van der Waals surface area contributed by atoms with E-state index >= 15 is 0 Å². The van der Waals surface area contributed by atoms with E-state index in [1.54, 1.807) is 0 Å². The molecule has 0 atom stereocenters. The Balaban J connectivity index is 0.744. The SMILES string of the molecule is CCc1c(CN(CCc2ccccn2)Cc2ccccc2)c(CC)c(CN(CCc2cccc(CCc3cccc(CCN(Cc4ccccc4)Cc4c(CC)c(CN(CCc5ccccn5)Cc5ccccc5)c(CC)c(CN(CCc5ccccn5)Cc5ccccc5)c4CC)n3)n2)Cc2ccccc2)c(CC)c1CN(CCc1ccccn1)Cc1ccccc1. The molecule has 12 nitrogen and oxygen atoms in total. The zero-order valence-electron chi connectivity index (χ0n) is 77.0. The van der Waals surface area contributed by atoms with Crippen molar-refractivity contribution < 1.29 is 0 Å². The molecule has 0 saturated carbocycles.